The number of aromatic hydroxyl groups is 1. The van der Waals surface area contributed by atoms with E-state index in [1.807, 2.05) is 12.1 Å². The minimum atomic E-state index is 0.253. The van der Waals surface area contributed by atoms with Crippen LogP contribution in [0.1, 0.15) is 130 Å². The number of phenols is 1. The number of aromatic nitrogens is 4. The molecule has 55 heavy (non-hydrogen) atoms. The van der Waals surface area contributed by atoms with Gasteiger partial charge in [-0.2, -0.15) is 0 Å². The first-order valence-corrected chi connectivity index (χ1v) is 20.6. The van der Waals surface area contributed by atoms with Gasteiger partial charge in [0.25, 0.3) is 0 Å². The number of fused-ring (bicyclic) bond motifs is 8. The van der Waals surface area contributed by atoms with Gasteiger partial charge in [-0.15, -0.1) is 0 Å². The van der Waals surface area contributed by atoms with Crippen molar-refractivity contribution in [1.82, 2.24) is 24.8 Å². The van der Waals surface area contributed by atoms with Gasteiger partial charge in [0.05, 0.1) is 28.1 Å². The summed E-state index contributed by atoms with van der Waals surface area (Å²) < 4.78 is 0. The number of aromatic amines is 2. The summed E-state index contributed by atoms with van der Waals surface area (Å²) in [4.78, 5) is 21.6. The second kappa shape index (κ2) is 15.7. The third-order valence-electron chi connectivity index (χ3n) is 12.3. The van der Waals surface area contributed by atoms with Crippen molar-refractivity contribution in [3.63, 3.8) is 0 Å². The van der Waals surface area contributed by atoms with Crippen molar-refractivity contribution in [2.45, 2.75) is 112 Å². The van der Waals surface area contributed by atoms with E-state index in [0.717, 1.165) is 89.8 Å². The number of hydrogen-bond acceptors (Lipinski definition) is 4. The number of benzene rings is 2. The Balaban J connectivity index is 1.78. The van der Waals surface area contributed by atoms with Crippen LogP contribution < -0.4 is 0 Å². The number of nitrogens with zero attached hydrogens (tertiary/aromatic N) is 3. The van der Waals surface area contributed by atoms with E-state index in [-0.39, 0.29) is 17.6 Å². The van der Waals surface area contributed by atoms with Crippen molar-refractivity contribution in [2.75, 3.05) is 14.1 Å². The first-order chi connectivity index (χ1) is 26.6. The SMILES string of the molecule is CCC1=C(C)c2nc1cc1[nH]c(c(CC)c1CC)c(-c1ccccc1CN(C)C)c1nc(cc3[nH]c(c(C)c3CC)c2-c2ccc(O)cc2)C(CC)C1CC. The molecule has 286 valence electrons. The molecule has 5 heterocycles. The van der Waals surface area contributed by atoms with E-state index in [4.69, 9.17) is 9.97 Å². The highest BCUT2D eigenvalue weighted by molar-refractivity contribution is 6.01. The minimum absolute atomic E-state index is 0.253. The highest BCUT2D eigenvalue weighted by atomic mass is 16.3. The quantitative estimate of drug-likeness (QED) is 0.133. The molecule has 0 spiro atoms. The summed E-state index contributed by atoms with van der Waals surface area (Å²) in [6, 6.07) is 21.3. The summed E-state index contributed by atoms with van der Waals surface area (Å²) >= 11 is 0. The lowest BCUT2D eigenvalue weighted by atomic mass is 9.82. The maximum atomic E-state index is 10.4. The molecule has 0 amide bonds. The normalized spacial score (nSPS) is 15.8. The molecule has 0 saturated heterocycles. The Hall–Kier alpha value is -4.94. The zero-order chi connectivity index (χ0) is 39.1. The monoisotopic (exact) mass is 733 g/mol. The van der Waals surface area contributed by atoms with Crippen LogP contribution in [0.15, 0.2) is 60.7 Å². The van der Waals surface area contributed by atoms with E-state index < -0.39 is 0 Å². The summed E-state index contributed by atoms with van der Waals surface area (Å²) in [6.07, 6.45) is 5.59. The number of H-pyrrole nitrogens is 2. The lowest BCUT2D eigenvalue weighted by molar-refractivity contribution is 0.403. The van der Waals surface area contributed by atoms with Crippen molar-refractivity contribution in [3.05, 3.63) is 111 Å². The Morgan fingerprint density at radius 3 is 1.98 bits per heavy atom. The van der Waals surface area contributed by atoms with Crippen LogP contribution in [0.4, 0.5) is 0 Å². The molecule has 2 unspecified atom stereocenters. The maximum absolute atomic E-state index is 10.4. The topological polar surface area (TPSA) is 80.8 Å². The number of hydrogen-bond donors (Lipinski definition) is 3. The molecular weight excluding hydrogens is 675 g/mol. The Labute approximate surface area is 327 Å². The van der Waals surface area contributed by atoms with Gasteiger partial charge in [0.2, 0.25) is 0 Å². The third-order valence-corrected chi connectivity index (χ3v) is 12.3. The van der Waals surface area contributed by atoms with Crippen LogP contribution in [0.3, 0.4) is 0 Å². The highest BCUT2D eigenvalue weighted by Crippen LogP contribution is 2.48. The molecule has 2 atom stereocenters. The van der Waals surface area contributed by atoms with Crippen LogP contribution >= 0.6 is 0 Å². The van der Waals surface area contributed by atoms with E-state index in [1.165, 1.54) is 61.3 Å². The molecule has 0 saturated carbocycles. The number of phenolic OH excluding ortho intramolecular Hbond substituents is 1. The fraction of sp³-hybridized carbons (Fsp3) is 0.388. The van der Waals surface area contributed by atoms with Crippen molar-refractivity contribution >= 4 is 33.2 Å². The van der Waals surface area contributed by atoms with Gasteiger partial charge in [0.15, 0.2) is 0 Å². The number of aryl methyl sites for hydroxylation is 4. The van der Waals surface area contributed by atoms with Crippen molar-refractivity contribution in [1.29, 1.82) is 0 Å². The van der Waals surface area contributed by atoms with Crippen LogP contribution in [0.5, 0.6) is 5.75 Å². The third kappa shape index (κ3) is 6.63. The molecule has 7 rings (SSSR count). The van der Waals surface area contributed by atoms with Crippen LogP contribution in [-0.4, -0.2) is 44.0 Å². The van der Waals surface area contributed by atoms with Crippen molar-refractivity contribution in [3.8, 4) is 28.0 Å². The van der Waals surface area contributed by atoms with Gasteiger partial charge in [-0.1, -0.05) is 77.9 Å². The van der Waals surface area contributed by atoms with Crippen molar-refractivity contribution in [2.24, 2.45) is 0 Å². The van der Waals surface area contributed by atoms with Crippen LogP contribution in [0.2, 0.25) is 0 Å². The molecule has 8 bridgehead atoms. The van der Waals surface area contributed by atoms with Gasteiger partial charge in [-0.05, 0) is 141 Å². The molecule has 0 radical (unpaired) electrons. The summed E-state index contributed by atoms with van der Waals surface area (Å²) in [5.74, 6) is 0.811. The molecular formula is C49H59N5O. The standard InChI is InChI=1S/C49H59N5O/c1-11-33-28(7)46-44(30-21-23-32(55)24-22-30)47-29(8)34(12-2)41(51-47)26-43-36(14-4)38(16-6)49(53-43)45(39-20-18-17-19-31(39)27-54(9)10)48-37(15-5)35(13-3)42(52-48)25-40(33)50-46/h17-26,35,37,50,53,55H,11-16,27H2,1-10H3. The zero-order valence-electron chi connectivity index (χ0n) is 34.7. The molecule has 2 aromatic carbocycles. The number of allylic oxidation sites excluding steroid dienone is 2. The van der Waals surface area contributed by atoms with Gasteiger partial charge in [-0.25, -0.2) is 4.98 Å². The Morgan fingerprint density at radius 2 is 1.35 bits per heavy atom. The molecule has 5 aromatic rings. The molecule has 2 aliphatic heterocycles. The van der Waals surface area contributed by atoms with Gasteiger partial charge in [0, 0.05) is 46.2 Å². The molecule has 0 aliphatic carbocycles. The molecule has 2 aliphatic rings. The number of nitrogens with one attached hydrogen (secondary N) is 2. The van der Waals surface area contributed by atoms with Gasteiger partial charge < -0.3 is 20.0 Å². The van der Waals surface area contributed by atoms with E-state index in [0.29, 0.717) is 0 Å². The van der Waals surface area contributed by atoms with E-state index in [2.05, 4.69) is 121 Å². The lowest BCUT2D eigenvalue weighted by Crippen LogP contribution is -2.12. The Morgan fingerprint density at radius 1 is 0.691 bits per heavy atom. The van der Waals surface area contributed by atoms with E-state index in [9.17, 15) is 5.11 Å². The van der Waals surface area contributed by atoms with E-state index in [1.54, 1.807) is 12.1 Å². The van der Waals surface area contributed by atoms with Gasteiger partial charge in [-0.3, -0.25) is 4.98 Å². The first kappa shape index (κ1) is 38.3. The highest BCUT2D eigenvalue weighted by Gasteiger charge is 2.34. The summed E-state index contributed by atoms with van der Waals surface area (Å²) in [6.45, 7) is 19.1. The second-order valence-electron chi connectivity index (χ2n) is 15.7. The lowest BCUT2D eigenvalue weighted by Gasteiger charge is -2.21. The van der Waals surface area contributed by atoms with Crippen LogP contribution in [0.25, 0.3) is 55.5 Å². The van der Waals surface area contributed by atoms with Crippen LogP contribution in [0, 0.1) is 6.92 Å². The minimum Gasteiger partial charge on any atom is -0.508 e. The summed E-state index contributed by atoms with van der Waals surface area (Å²) in [5.41, 5.74) is 22.5. The largest absolute Gasteiger partial charge is 0.508 e. The Bertz CT molecular complexity index is 2440. The van der Waals surface area contributed by atoms with Crippen LogP contribution in [-0.2, 0) is 25.8 Å². The number of rotatable bonds is 10. The second-order valence-corrected chi connectivity index (χ2v) is 15.7. The average Bonchev–Trinajstić information content (AvgIpc) is 3.89. The summed E-state index contributed by atoms with van der Waals surface area (Å²) in [5, 5.41) is 10.4. The smallest absolute Gasteiger partial charge is 0.115 e. The molecule has 3 N–H and O–H groups in total. The zero-order valence-corrected chi connectivity index (χ0v) is 34.7. The predicted molar refractivity (Wildman–Crippen MR) is 233 cm³/mol. The van der Waals surface area contributed by atoms with Gasteiger partial charge in [0.1, 0.15) is 5.75 Å². The molecule has 6 heteroatoms. The average molecular weight is 734 g/mol. The molecule has 3 aromatic heterocycles. The fourth-order valence-electron chi connectivity index (χ4n) is 9.64. The summed E-state index contributed by atoms with van der Waals surface area (Å²) in [7, 11) is 4.31. The predicted octanol–water partition coefficient (Wildman–Crippen LogP) is 12.4. The van der Waals surface area contributed by atoms with E-state index >= 15 is 0 Å². The fourth-order valence-corrected chi connectivity index (χ4v) is 9.64. The maximum Gasteiger partial charge on any atom is 0.115 e. The Kier molecular flexibility index (Phi) is 10.9. The van der Waals surface area contributed by atoms with Gasteiger partial charge >= 0.3 is 0 Å². The molecule has 0 fully saturated rings. The molecule has 6 nitrogen and oxygen atoms in total. The van der Waals surface area contributed by atoms with Crippen molar-refractivity contribution < 1.29 is 5.11 Å². The first-order valence-electron chi connectivity index (χ1n) is 20.6.